The first-order chi connectivity index (χ1) is 8.97. The molecule has 98 valence electrons. The van der Waals surface area contributed by atoms with Gasteiger partial charge < -0.3 is 5.32 Å². The van der Waals surface area contributed by atoms with Crippen molar-refractivity contribution in [3.05, 3.63) is 56.2 Å². The van der Waals surface area contributed by atoms with Crippen LogP contribution in [-0.2, 0) is 0 Å². The lowest BCUT2D eigenvalue weighted by Crippen LogP contribution is -2.13. The van der Waals surface area contributed by atoms with Gasteiger partial charge in [0, 0.05) is 16.4 Å². The van der Waals surface area contributed by atoms with Crippen molar-refractivity contribution in [3.63, 3.8) is 0 Å². The maximum Gasteiger partial charge on any atom is 0.258 e. The molecule has 0 aliphatic heterocycles. The Kier molecular flexibility index (Phi) is 4.45. The number of pyridine rings is 1. The van der Waals surface area contributed by atoms with Crippen LogP contribution in [-0.4, -0.2) is 10.9 Å². The molecule has 0 spiro atoms. The van der Waals surface area contributed by atoms with Crippen molar-refractivity contribution in [1.29, 1.82) is 0 Å². The van der Waals surface area contributed by atoms with Gasteiger partial charge in [0.15, 0.2) is 0 Å². The molecular formula is C13H9BrCl2N2O. The van der Waals surface area contributed by atoms with E-state index in [4.69, 9.17) is 23.2 Å². The first-order valence-electron chi connectivity index (χ1n) is 5.36. The van der Waals surface area contributed by atoms with Crippen LogP contribution in [0.25, 0.3) is 0 Å². The minimum atomic E-state index is -0.350. The van der Waals surface area contributed by atoms with Crippen LogP contribution in [0.5, 0.6) is 0 Å². The van der Waals surface area contributed by atoms with Crippen molar-refractivity contribution >= 4 is 50.7 Å². The number of amides is 1. The number of hydrogen-bond acceptors (Lipinski definition) is 2. The van der Waals surface area contributed by atoms with Crippen LogP contribution in [0.4, 0.5) is 5.69 Å². The summed E-state index contributed by atoms with van der Waals surface area (Å²) in [5.41, 5.74) is 1.57. The van der Waals surface area contributed by atoms with Crippen molar-refractivity contribution in [2.45, 2.75) is 6.92 Å². The van der Waals surface area contributed by atoms with Gasteiger partial charge in [-0.05, 0) is 31.2 Å². The van der Waals surface area contributed by atoms with Crippen molar-refractivity contribution < 1.29 is 4.79 Å². The maximum absolute atomic E-state index is 12.1. The Bertz CT molecular complexity index is 647. The average Bonchev–Trinajstić information content (AvgIpc) is 2.33. The highest BCUT2D eigenvalue weighted by atomic mass is 79.9. The van der Waals surface area contributed by atoms with Crippen molar-refractivity contribution in [3.8, 4) is 0 Å². The average molecular weight is 360 g/mol. The smallest absolute Gasteiger partial charge is 0.258 e. The Labute approximate surface area is 129 Å². The molecule has 1 N–H and O–H groups in total. The molecule has 1 heterocycles. The fourth-order valence-corrected chi connectivity index (χ4v) is 2.29. The fraction of sp³-hybridized carbons (Fsp3) is 0.0769. The molecular weight excluding hydrogens is 351 g/mol. The molecule has 0 radical (unpaired) electrons. The molecule has 6 heteroatoms. The Morgan fingerprint density at radius 3 is 2.68 bits per heavy atom. The van der Waals surface area contributed by atoms with E-state index in [0.29, 0.717) is 21.3 Å². The molecule has 0 saturated carbocycles. The summed E-state index contributed by atoms with van der Waals surface area (Å²) in [5.74, 6) is -0.350. The van der Waals surface area contributed by atoms with Gasteiger partial charge >= 0.3 is 0 Å². The van der Waals surface area contributed by atoms with Crippen molar-refractivity contribution in [1.82, 2.24) is 4.98 Å². The molecule has 0 fully saturated rings. The van der Waals surface area contributed by atoms with Crippen LogP contribution >= 0.6 is 39.1 Å². The Morgan fingerprint density at radius 1 is 1.26 bits per heavy atom. The zero-order chi connectivity index (χ0) is 14.0. The molecule has 1 amide bonds. The van der Waals surface area contributed by atoms with Crippen LogP contribution in [0.2, 0.25) is 10.0 Å². The van der Waals surface area contributed by atoms with Crippen LogP contribution in [0, 0.1) is 6.92 Å². The third-order valence-electron chi connectivity index (χ3n) is 2.41. The monoisotopic (exact) mass is 358 g/mol. The Hall–Kier alpha value is -1.10. The van der Waals surface area contributed by atoms with Crippen LogP contribution in [0.15, 0.2) is 34.9 Å². The Morgan fingerprint density at radius 2 is 2.00 bits per heavy atom. The van der Waals surface area contributed by atoms with Crippen molar-refractivity contribution in [2.75, 3.05) is 5.32 Å². The predicted octanol–water partition coefficient (Wildman–Crippen LogP) is 4.71. The number of benzene rings is 1. The van der Waals surface area contributed by atoms with E-state index in [1.54, 1.807) is 31.2 Å². The first-order valence-corrected chi connectivity index (χ1v) is 6.91. The van der Waals surface area contributed by atoms with E-state index in [2.05, 4.69) is 26.2 Å². The number of aryl methyl sites for hydroxylation is 1. The second kappa shape index (κ2) is 5.90. The molecule has 0 bridgehead atoms. The predicted molar refractivity (Wildman–Crippen MR) is 81.1 cm³/mol. The van der Waals surface area contributed by atoms with E-state index in [0.717, 1.165) is 10.2 Å². The minimum absolute atomic E-state index is 0.309. The van der Waals surface area contributed by atoms with Crippen LogP contribution < -0.4 is 5.32 Å². The summed E-state index contributed by atoms with van der Waals surface area (Å²) in [6.07, 6.45) is 1.44. The van der Waals surface area contributed by atoms with Gasteiger partial charge in [-0.25, -0.2) is 0 Å². The molecule has 0 aliphatic carbocycles. The standard InChI is InChI=1S/C13H9BrCl2N2O/c1-7-4-11(16)9(6-17-7)13(19)18-12-5-8(14)2-3-10(12)15/h2-6H,1H3,(H,18,19). The number of rotatable bonds is 2. The SMILES string of the molecule is Cc1cc(Cl)c(C(=O)Nc2cc(Br)ccc2Cl)cn1. The number of halogens is 3. The fourth-order valence-electron chi connectivity index (χ4n) is 1.48. The van der Waals surface area contributed by atoms with Gasteiger partial charge in [-0.2, -0.15) is 0 Å². The van der Waals surface area contributed by atoms with Gasteiger partial charge in [-0.15, -0.1) is 0 Å². The van der Waals surface area contributed by atoms with E-state index < -0.39 is 0 Å². The van der Waals surface area contributed by atoms with E-state index in [-0.39, 0.29) is 5.91 Å². The zero-order valence-electron chi connectivity index (χ0n) is 9.88. The van der Waals surface area contributed by atoms with Crippen LogP contribution in [0.3, 0.4) is 0 Å². The molecule has 0 aliphatic rings. The molecule has 0 unspecified atom stereocenters. The summed E-state index contributed by atoms with van der Waals surface area (Å²) >= 11 is 15.3. The third kappa shape index (κ3) is 3.47. The third-order valence-corrected chi connectivity index (χ3v) is 3.55. The summed E-state index contributed by atoms with van der Waals surface area (Å²) in [5, 5.41) is 3.51. The minimum Gasteiger partial charge on any atom is -0.321 e. The number of nitrogens with zero attached hydrogens (tertiary/aromatic N) is 1. The number of hydrogen-bond donors (Lipinski definition) is 1. The normalized spacial score (nSPS) is 10.3. The molecule has 1 aromatic carbocycles. The Balaban J connectivity index is 2.28. The largest absolute Gasteiger partial charge is 0.321 e. The van der Waals surface area contributed by atoms with Crippen LogP contribution in [0.1, 0.15) is 16.1 Å². The highest BCUT2D eigenvalue weighted by Crippen LogP contribution is 2.27. The quantitative estimate of drug-likeness (QED) is 0.843. The number of aromatic nitrogens is 1. The van der Waals surface area contributed by atoms with Crippen molar-refractivity contribution in [2.24, 2.45) is 0 Å². The molecule has 2 rings (SSSR count). The first kappa shape index (κ1) is 14.3. The lowest BCUT2D eigenvalue weighted by Gasteiger charge is -2.09. The molecule has 19 heavy (non-hydrogen) atoms. The van der Waals surface area contributed by atoms with Gasteiger partial charge in [0.1, 0.15) is 0 Å². The number of carbonyl (C=O) groups is 1. The number of carbonyl (C=O) groups excluding carboxylic acids is 1. The second-order valence-corrected chi connectivity index (χ2v) is 5.61. The molecule has 3 nitrogen and oxygen atoms in total. The lowest BCUT2D eigenvalue weighted by molar-refractivity contribution is 0.102. The van der Waals surface area contributed by atoms with Gasteiger partial charge in [-0.1, -0.05) is 39.1 Å². The van der Waals surface area contributed by atoms with E-state index in [1.165, 1.54) is 6.20 Å². The zero-order valence-corrected chi connectivity index (χ0v) is 13.0. The van der Waals surface area contributed by atoms with E-state index in [1.807, 2.05) is 0 Å². The molecule has 1 aromatic heterocycles. The summed E-state index contributed by atoms with van der Waals surface area (Å²) < 4.78 is 0.820. The topological polar surface area (TPSA) is 42.0 Å². The summed E-state index contributed by atoms with van der Waals surface area (Å²) in [6.45, 7) is 1.80. The lowest BCUT2D eigenvalue weighted by atomic mass is 10.2. The van der Waals surface area contributed by atoms with Gasteiger partial charge in [0.25, 0.3) is 5.91 Å². The molecule has 0 saturated heterocycles. The van der Waals surface area contributed by atoms with E-state index >= 15 is 0 Å². The second-order valence-electron chi connectivity index (χ2n) is 3.88. The van der Waals surface area contributed by atoms with Gasteiger partial charge in [0.05, 0.1) is 21.3 Å². The van der Waals surface area contributed by atoms with Gasteiger partial charge in [-0.3, -0.25) is 9.78 Å². The highest BCUT2D eigenvalue weighted by molar-refractivity contribution is 9.10. The van der Waals surface area contributed by atoms with E-state index in [9.17, 15) is 4.79 Å². The number of nitrogens with one attached hydrogen (secondary N) is 1. The summed E-state index contributed by atoms with van der Waals surface area (Å²) in [4.78, 5) is 16.2. The maximum atomic E-state index is 12.1. The molecule has 2 aromatic rings. The molecule has 0 atom stereocenters. The summed E-state index contributed by atoms with van der Waals surface area (Å²) in [7, 11) is 0. The highest BCUT2D eigenvalue weighted by Gasteiger charge is 2.13. The summed E-state index contributed by atoms with van der Waals surface area (Å²) in [6, 6.07) is 6.84. The van der Waals surface area contributed by atoms with Gasteiger partial charge in [0.2, 0.25) is 0 Å². The number of anilines is 1.